The van der Waals surface area contributed by atoms with Gasteiger partial charge in [-0.15, -0.1) is 10.2 Å². The Labute approximate surface area is 211 Å². The lowest BCUT2D eigenvalue weighted by Gasteiger charge is -2.19. The Morgan fingerprint density at radius 3 is 2.23 bits per heavy atom. The molecule has 0 aliphatic heterocycles. The summed E-state index contributed by atoms with van der Waals surface area (Å²) in [5.74, 6) is 1.25. The lowest BCUT2D eigenvalue weighted by atomic mass is 10.0. The molecule has 2 aromatic carbocycles. The molecule has 0 aliphatic carbocycles. The van der Waals surface area contributed by atoms with Crippen LogP contribution in [0.5, 0.6) is 0 Å². The van der Waals surface area contributed by atoms with Gasteiger partial charge in [0.2, 0.25) is 5.91 Å². The lowest BCUT2D eigenvalue weighted by Crippen LogP contribution is -2.23. The Kier molecular flexibility index (Phi) is 7.66. The third-order valence-electron chi connectivity index (χ3n) is 5.84. The highest BCUT2D eigenvalue weighted by Gasteiger charge is 2.24. The number of hydrogen-bond donors (Lipinski definition) is 1. The van der Waals surface area contributed by atoms with Crippen molar-refractivity contribution in [3.63, 3.8) is 0 Å². The van der Waals surface area contributed by atoms with Gasteiger partial charge in [-0.3, -0.25) is 14.3 Å². The molecule has 0 saturated heterocycles. The van der Waals surface area contributed by atoms with Gasteiger partial charge in [-0.1, -0.05) is 75.9 Å². The number of para-hydroxylation sites is 2. The fourth-order valence-corrected chi connectivity index (χ4v) is 4.85. The van der Waals surface area contributed by atoms with Gasteiger partial charge in [-0.2, -0.15) is 0 Å². The summed E-state index contributed by atoms with van der Waals surface area (Å²) in [6.45, 7) is 10.5. The maximum absolute atomic E-state index is 13.2. The molecule has 0 spiro atoms. The van der Waals surface area contributed by atoms with Crippen LogP contribution in [0.3, 0.4) is 0 Å². The van der Waals surface area contributed by atoms with Crippen molar-refractivity contribution in [2.75, 3.05) is 5.32 Å². The average molecular weight is 486 g/mol. The normalized spacial score (nSPS) is 12.2. The van der Waals surface area contributed by atoms with Crippen molar-refractivity contribution in [2.24, 2.45) is 0 Å². The molecule has 180 valence electrons. The predicted molar refractivity (Wildman–Crippen MR) is 143 cm³/mol. The standard InChI is InChI=1S/C28H31N5OS/c1-18(2)22-12-6-8-14-24(22)30-27(34)20(5)35-28-32-31-26(21-11-10-16-29-17-21)33(28)25-15-9-7-13-23(25)19(3)4/h6-20H,1-5H3,(H,30,34). The highest BCUT2D eigenvalue weighted by Crippen LogP contribution is 2.34. The fourth-order valence-electron chi connectivity index (χ4n) is 3.99. The number of benzene rings is 2. The van der Waals surface area contributed by atoms with Crippen LogP contribution in [0, 0.1) is 0 Å². The second-order valence-corrected chi connectivity index (χ2v) is 10.4. The quantitative estimate of drug-likeness (QED) is 0.281. The van der Waals surface area contributed by atoms with Crippen molar-refractivity contribution in [1.82, 2.24) is 19.7 Å². The number of carbonyl (C=O) groups is 1. The minimum absolute atomic E-state index is 0.0716. The van der Waals surface area contributed by atoms with E-state index in [1.54, 1.807) is 12.4 Å². The first-order chi connectivity index (χ1) is 16.9. The fraction of sp³-hybridized carbons (Fsp3) is 0.286. The van der Waals surface area contributed by atoms with Gasteiger partial charge < -0.3 is 5.32 Å². The van der Waals surface area contributed by atoms with Crippen LogP contribution in [0.4, 0.5) is 5.69 Å². The largest absolute Gasteiger partial charge is 0.325 e. The Balaban J connectivity index is 1.69. The summed E-state index contributed by atoms with van der Waals surface area (Å²) in [5, 5.41) is 12.4. The van der Waals surface area contributed by atoms with Crippen LogP contribution in [0.25, 0.3) is 17.1 Å². The van der Waals surface area contributed by atoms with Gasteiger partial charge in [0.25, 0.3) is 0 Å². The molecule has 0 aliphatic rings. The monoisotopic (exact) mass is 485 g/mol. The summed E-state index contributed by atoms with van der Waals surface area (Å²) in [4.78, 5) is 17.5. The molecule has 1 unspecified atom stereocenters. The topological polar surface area (TPSA) is 72.7 Å². The molecule has 2 aromatic heterocycles. The first-order valence-electron chi connectivity index (χ1n) is 11.9. The molecule has 6 nitrogen and oxygen atoms in total. The van der Waals surface area contributed by atoms with Crippen LogP contribution in [0.15, 0.2) is 78.2 Å². The smallest absolute Gasteiger partial charge is 0.237 e. The molecular formula is C28H31N5OS. The molecule has 1 atom stereocenters. The summed E-state index contributed by atoms with van der Waals surface area (Å²) in [6.07, 6.45) is 3.52. The van der Waals surface area contributed by atoms with Gasteiger partial charge in [0.15, 0.2) is 11.0 Å². The highest BCUT2D eigenvalue weighted by atomic mass is 32.2. The second-order valence-electron chi connectivity index (χ2n) is 9.09. The molecule has 4 rings (SSSR count). The lowest BCUT2D eigenvalue weighted by molar-refractivity contribution is -0.115. The minimum atomic E-state index is -0.383. The zero-order valence-electron chi connectivity index (χ0n) is 20.8. The summed E-state index contributed by atoms with van der Waals surface area (Å²) in [7, 11) is 0. The number of pyridine rings is 1. The Morgan fingerprint density at radius 1 is 0.857 bits per heavy atom. The van der Waals surface area contributed by atoms with Crippen molar-refractivity contribution in [1.29, 1.82) is 0 Å². The van der Waals surface area contributed by atoms with Crippen molar-refractivity contribution in [2.45, 2.75) is 56.9 Å². The zero-order valence-corrected chi connectivity index (χ0v) is 21.6. The first kappa shape index (κ1) is 24.7. The van der Waals surface area contributed by atoms with Gasteiger partial charge in [0, 0.05) is 23.6 Å². The molecule has 0 radical (unpaired) electrons. The molecule has 0 bridgehead atoms. The number of amides is 1. The third kappa shape index (κ3) is 5.46. The van der Waals surface area contributed by atoms with Crippen LogP contribution in [0.1, 0.15) is 57.6 Å². The summed E-state index contributed by atoms with van der Waals surface area (Å²) >= 11 is 1.40. The van der Waals surface area contributed by atoms with E-state index < -0.39 is 0 Å². The number of nitrogens with zero attached hydrogens (tertiary/aromatic N) is 4. The van der Waals surface area contributed by atoms with E-state index in [9.17, 15) is 4.79 Å². The van der Waals surface area contributed by atoms with Crippen LogP contribution >= 0.6 is 11.8 Å². The van der Waals surface area contributed by atoms with E-state index in [0.717, 1.165) is 22.5 Å². The maximum Gasteiger partial charge on any atom is 0.237 e. The first-order valence-corrected chi connectivity index (χ1v) is 12.8. The molecule has 2 heterocycles. The predicted octanol–water partition coefficient (Wildman–Crippen LogP) is 6.70. The van der Waals surface area contributed by atoms with E-state index in [0.29, 0.717) is 22.8 Å². The van der Waals surface area contributed by atoms with Crippen LogP contribution in [0.2, 0.25) is 0 Å². The average Bonchev–Trinajstić information content (AvgIpc) is 3.27. The molecule has 7 heteroatoms. The highest BCUT2D eigenvalue weighted by molar-refractivity contribution is 8.00. The molecule has 1 amide bonds. The van der Waals surface area contributed by atoms with Gasteiger partial charge in [-0.05, 0) is 54.2 Å². The molecule has 4 aromatic rings. The van der Waals surface area contributed by atoms with E-state index in [1.807, 2.05) is 54.0 Å². The van der Waals surface area contributed by atoms with E-state index >= 15 is 0 Å². The van der Waals surface area contributed by atoms with Crippen molar-refractivity contribution >= 4 is 23.4 Å². The summed E-state index contributed by atoms with van der Waals surface area (Å²) in [6, 6.07) is 20.1. The van der Waals surface area contributed by atoms with Crippen LogP contribution < -0.4 is 5.32 Å². The zero-order chi connectivity index (χ0) is 24.9. The summed E-state index contributed by atoms with van der Waals surface area (Å²) < 4.78 is 2.04. The third-order valence-corrected chi connectivity index (χ3v) is 6.89. The SMILES string of the molecule is CC(Sc1nnc(-c2cccnc2)n1-c1ccccc1C(C)C)C(=O)Nc1ccccc1C(C)C. The van der Waals surface area contributed by atoms with Crippen LogP contribution in [-0.2, 0) is 4.79 Å². The van der Waals surface area contributed by atoms with E-state index in [-0.39, 0.29) is 11.2 Å². The van der Waals surface area contributed by atoms with Crippen molar-refractivity contribution in [3.05, 3.63) is 84.2 Å². The molecule has 35 heavy (non-hydrogen) atoms. The van der Waals surface area contributed by atoms with Crippen LogP contribution in [-0.4, -0.2) is 30.9 Å². The number of nitrogens with one attached hydrogen (secondary N) is 1. The molecule has 0 saturated carbocycles. The Hall–Kier alpha value is -3.45. The van der Waals surface area contributed by atoms with Gasteiger partial charge in [0.1, 0.15) is 0 Å². The maximum atomic E-state index is 13.2. The number of rotatable bonds is 8. The van der Waals surface area contributed by atoms with E-state index in [1.165, 1.54) is 17.3 Å². The number of hydrogen-bond acceptors (Lipinski definition) is 5. The van der Waals surface area contributed by atoms with Gasteiger partial charge in [-0.25, -0.2) is 0 Å². The number of carbonyl (C=O) groups excluding carboxylic acids is 1. The van der Waals surface area contributed by atoms with E-state index in [2.05, 4.69) is 66.4 Å². The van der Waals surface area contributed by atoms with Gasteiger partial charge in [0.05, 0.1) is 10.9 Å². The van der Waals surface area contributed by atoms with Crippen molar-refractivity contribution in [3.8, 4) is 17.1 Å². The minimum Gasteiger partial charge on any atom is -0.325 e. The second kappa shape index (κ2) is 10.9. The number of aromatic nitrogens is 4. The number of anilines is 1. The molecule has 1 N–H and O–H groups in total. The van der Waals surface area contributed by atoms with Crippen molar-refractivity contribution < 1.29 is 4.79 Å². The Bertz CT molecular complexity index is 1300. The van der Waals surface area contributed by atoms with Gasteiger partial charge >= 0.3 is 0 Å². The number of thioether (sulfide) groups is 1. The van der Waals surface area contributed by atoms with E-state index in [4.69, 9.17) is 0 Å². The summed E-state index contributed by atoms with van der Waals surface area (Å²) in [5.41, 5.74) is 5.02. The molecule has 0 fully saturated rings. The Morgan fingerprint density at radius 2 is 1.54 bits per heavy atom. The molecular weight excluding hydrogens is 454 g/mol.